The molecule has 1 aromatic carbocycles. The monoisotopic (exact) mass is 416 g/mol. The number of rotatable bonds is 4. The number of piperidine rings is 1. The van der Waals surface area contributed by atoms with E-state index in [1.807, 2.05) is 11.0 Å². The van der Waals surface area contributed by atoms with Crippen LogP contribution in [0.5, 0.6) is 0 Å². The molecule has 0 bridgehead atoms. The Bertz CT molecular complexity index is 1110. The van der Waals surface area contributed by atoms with Crippen LogP contribution in [-0.4, -0.2) is 45.7 Å². The van der Waals surface area contributed by atoms with Crippen LogP contribution in [0.3, 0.4) is 0 Å². The smallest absolute Gasteiger partial charge is 0.227 e. The highest BCUT2D eigenvalue weighted by molar-refractivity contribution is 5.89. The van der Waals surface area contributed by atoms with Gasteiger partial charge in [-0.3, -0.25) is 9.59 Å². The summed E-state index contributed by atoms with van der Waals surface area (Å²) >= 11 is 0. The van der Waals surface area contributed by atoms with Crippen LogP contribution >= 0.6 is 0 Å². The first-order chi connectivity index (χ1) is 15.1. The molecule has 160 valence electrons. The van der Waals surface area contributed by atoms with Crippen LogP contribution in [0.2, 0.25) is 0 Å². The lowest BCUT2D eigenvalue weighted by molar-refractivity contribution is -0.137. The number of aryl methyl sites for hydroxylation is 1. The van der Waals surface area contributed by atoms with Gasteiger partial charge in [0, 0.05) is 43.9 Å². The summed E-state index contributed by atoms with van der Waals surface area (Å²) in [6.07, 6.45) is 7.18. The van der Waals surface area contributed by atoms with Crippen molar-refractivity contribution < 1.29 is 9.59 Å². The van der Waals surface area contributed by atoms with Crippen LogP contribution < -0.4 is 5.32 Å². The van der Waals surface area contributed by atoms with Crippen molar-refractivity contribution in [3.63, 3.8) is 0 Å². The molecule has 4 heterocycles. The Kier molecular flexibility index (Phi) is 5.00. The number of carbonyl (C=O) groups is 2. The molecule has 6 heteroatoms. The third-order valence-corrected chi connectivity index (χ3v) is 7.00. The van der Waals surface area contributed by atoms with Gasteiger partial charge in [-0.15, -0.1) is 0 Å². The molecule has 2 fully saturated rings. The third-order valence-electron chi connectivity index (χ3n) is 7.00. The standard InChI is InChI=1S/C25H28N4O2/c1-2-18-8-11-29-17-21(27-22(29)14-18)25(20-6-4-3-5-7-20)9-12-28(13-10-25)24(31)19-15-23(30)26-16-19/h3-8,11,14,17,19H,2,9-10,12-13,15-16H2,1H3,(H,26,30). The fourth-order valence-corrected chi connectivity index (χ4v) is 5.07. The summed E-state index contributed by atoms with van der Waals surface area (Å²) in [5.74, 6) is -0.146. The van der Waals surface area contributed by atoms with Crippen LogP contribution in [0.4, 0.5) is 0 Å². The van der Waals surface area contributed by atoms with Gasteiger partial charge in [-0.1, -0.05) is 37.3 Å². The van der Waals surface area contributed by atoms with Gasteiger partial charge in [-0.25, -0.2) is 4.98 Å². The summed E-state index contributed by atoms with van der Waals surface area (Å²) in [6.45, 7) is 3.96. The van der Waals surface area contributed by atoms with Gasteiger partial charge in [0.15, 0.2) is 0 Å². The van der Waals surface area contributed by atoms with Gasteiger partial charge in [-0.05, 0) is 42.5 Å². The van der Waals surface area contributed by atoms with E-state index in [1.165, 1.54) is 11.1 Å². The second-order valence-corrected chi connectivity index (χ2v) is 8.76. The number of hydrogen-bond donors (Lipinski definition) is 1. The molecule has 2 aliphatic rings. The van der Waals surface area contributed by atoms with Crippen LogP contribution in [0.15, 0.2) is 54.9 Å². The lowest BCUT2D eigenvalue weighted by Gasteiger charge is -2.42. The summed E-state index contributed by atoms with van der Waals surface area (Å²) in [6, 6.07) is 14.9. The Hall–Kier alpha value is -3.15. The fourth-order valence-electron chi connectivity index (χ4n) is 5.07. The summed E-state index contributed by atoms with van der Waals surface area (Å²) in [7, 11) is 0. The van der Waals surface area contributed by atoms with Crippen molar-refractivity contribution in [2.75, 3.05) is 19.6 Å². The topological polar surface area (TPSA) is 66.7 Å². The van der Waals surface area contributed by atoms with Crippen molar-refractivity contribution >= 4 is 17.5 Å². The van der Waals surface area contributed by atoms with Crippen molar-refractivity contribution in [1.29, 1.82) is 0 Å². The van der Waals surface area contributed by atoms with Crippen LogP contribution in [0, 0.1) is 5.92 Å². The van der Waals surface area contributed by atoms with Crippen molar-refractivity contribution in [3.8, 4) is 0 Å². The zero-order valence-electron chi connectivity index (χ0n) is 17.9. The van der Waals surface area contributed by atoms with Gasteiger partial charge in [0.2, 0.25) is 11.8 Å². The molecule has 2 amide bonds. The number of aromatic nitrogens is 2. The first kappa shape index (κ1) is 19.8. The normalized spacial score (nSPS) is 20.7. The number of imidazole rings is 1. The SMILES string of the molecule is CCc1ccn2cc(C3(c4ccccc4)CCN(C(=O)C4CNC(=O)C4)CC3)nc2c1. The molecule has 1 atom stereocenters. The Morgan fingerprint density at radius 1 is 1.19 bits per heavy atom. The Labute approximate surface area is 182 Å². The molecular weight excluding hydrogens is 388 g/mol. The minimum absolute atomic E-state index is 0.0230. The van der Waals surface area contributed by atoms with Gasteiger partial charge in [0.25, 0.3) is 0 Å². The molecular formula is C25H28N4O2. The zero-order valence-corrected chi connectivity index (χ0v) is 17.9. The van der Waals surface area contributed by atoms with Crippen molar-refractivity contribution in [2.45, 2.75) is 38.0 Å². The molecule has 3 aromatic rings. The summed E-state index contributed by atoms with van der Waals surface area (Å²) in [4.78, 5) is 31.5. The summed E-state index contributed by atoms with van der Waals surface area (Å²) in [5, 5.41) is 2.78. The second kappa shape index (κ2) is 7.84. The van der Waals surface area contributed by atoms with Crippen LogP contribution in [0.1, 0.15) is 43.0 Å². The van der Waals surface area contributed by atoms with E-state index in [4.69, 9.17) is 4.98 Å². The maximum atomic E-state index is 13.0. The minimum Gasteiger partial charge on any atom is -0.355 e. The van der Waals surface area contributed by atoms with E-state index < -0.39 is 0 Å². The molecule has 0 radical (unpaired) electrons. The lowest BCUT2D eigenvalue weighted by Crippen LogP contribution is -2.48. The average molecular weight is 417 g/mol. The third kappa shape index (κ3) is 3.50. The number of hydrogen-bond acceptors (Lipinski definition) is 3. The number of nitrogens with zero attached hydrogens (tertiary/aromatic N) is 3. The molecule has 2 aliphatic heterocycles. The quantitative estimate of drug-likeness (QED) is 0.711. The lowest BCUT2D eigenvalue weighted by atomic mass is 9.70. The van der Waals surface area contributed by atoms with E-state index in [9.17, 15) is 9.59 Å². The second-order valence-electron chi connectivity index (χ2n) is 8.76. The van der Waals surface area contributed by atoms with E-state index >= 15 is 0 Å². The van der Waals surface area contributed by atoms with Crippen LogP contribution in [-0.2, 0) is 21.4 Å². The largest absolute Gasteiger partial charge is 0.355 e. The molecule has 6 nitrogen and oxygen atoms in total. The average Bonchev–Trinajstić information content (AvgIpc) is 3.45. The number of amides is 2. The molecule has 0 spiro atoms. The zero-order chi connectivity index (χ0) is 21.4. The number of pyridine rings is 1. The summed E-state index contributed by atoms with van der Waals surface area (Å²) in [5.41, 5.74) is 4.34. The van der Waals surface area contributed by atoms with E-state index in [1.54, 1.807) is 0 Å². The van der Waals surface area contributed by atoms with Gasteiger partial charge in [-0.2, -0.15) is 0 Å². The van der Waals surface area contributed by atoms with Crippen LogP contribution in [0.25, 0.3) is 5.65 Å². The molecule has 1 N–H and O–H groups in total. The highest BCUT2D eigenvalue weighted by atomic mass is 16.2. The number of carbonyl (C=O) groups excluding carboxylic acids is 2. The van der Waals surface area contributed by atoms with E-state index in [-0.39, 0.29) is 23.1 Å². The summed E-state index contributed by atoms with van der Waals surface area (Å²) < 4.78 is 2.10. The maximum Gasteiger partial charge on any atom is 0.227 e. The van der Waals surface area contributed by atoms with Gasteiger partial charge < -0.3 is 14.6 Å². The highest BCUT2D eigenvalue weighted by Crippen LogP contribution is 2.41. The number of nitrogens with one attached hydrogen (secondary N) is 1. The minimum atomic E-state index is -0.223. The molecule has 2 aromatic heterocycles. The molecule has 1 unspecified atom stereocenters. The van der Waals surface area contributed by atoms with Gasteiger partial charge in [0.05, 0.1) is 11.6 Å². The molecule has 5 rings (SSSR count). The molecule has 31 heavy (non-hydrogen) atoms. The number of benzene rings is 1. The fraction of sp³-hybridized carbons (Fsp3) is 0.400. The Morgan fingerprint density at radius 2 is 1.97 bits per heavy atom. The van der Waals surface area contributed by atoms with E-state index in [0.717, 1.165) is 30.6 Å². The number of likely N-dealkylation sites (tertiary alicyclic amines) is 1. The van der Waals surface area contributed by atoms with Crippen molar-refractivity contribution in [3.05, 3.63) is 71.7 Å². The first-order valence-corrected chi connectivity index (χ1v) is 11.2. The molecule has 0 saturated carbocycles. The van der Waals surface area contributed by atoms with Crippen molar-refractivity contribution in [2.24, 2.45) is 5.92 Å². The maximum absolute atomic E-state index is 13.0. The predicted octanol–water partition coefficient (Wildman–Crippen LogP) is 2.94. The van der Waals surface area contributed by atoms with E-state index in [2.05, 4.69) is 65.4 Å². The first-order valence-electron chi connectivity index (χ1n) is 11.2. The Morgan fingerprint density at radius 3 is 2.65 bits per heavy atom. The van der Waals surface area contributed by atoms with Gasteiger partial charge >= 0.3 is 0 Å². The van der Waals surface area contributed by atoms with Crippen molar-refractivity contribution in [1.82, 2.24) is 19.6 Å². The van der Waals surface area contributed by atoms with E-state index in [0.29, 0.717) is 26.1 Å². The number of fused-ring (bicyclic) bond motifs is 1. The van der Waals surface area contributed by atoms with Gasteiger partial charge in [0.1, 0.15) is 5.65 Å². The molecule has 2 saturated heterocycles. The highest BCUT2D eigenvalue weighted by Gasteiger charge is 2.42. The molecule has 0 aliphatic carbocycles. The predicted molar refractivity (Wildman–Crippen MR) is 119 cm³/mol. The Balaban J connectivity index is 1.46.